The van der Waals surface area contributed by atoms with E-state index in [0.29, 0.717) is 29.1 Å². The molecule has 1 aliphatic rings. The Morgan fingerprint density at radius 2 is 2.21 bits per heavy atom. The van der Waals surface area contributed by atoms with E-state index in [2.05, 4.69) is 4.90 Å². The van der Waals surface area contributed by atoms with Crippen molar-refractivity contribution in [1.29, 1.82) is 0 Å². The zero-order chi connectivity index (χ0) is 14.0. The third-order valence-corrected chi connectivity index (χ3v) is 4.26. The second-order valence-electron chi connectivity index (χ2n) is 5.13. The summed E-state index contributed by atoms with van der Waals surface area (Å²) >= 11 is 5.93. The quantitative estimate of drug-likeness (QED) is 0.887. The summed E-state index contributed by atoms with van der Waals surface area (Å²) in [6.45, 7) is 0.675. The zero-order valence-corrected chi connectivity index (χ0v) is 11.9. The number of amides is 1. The smallest absolute Gasteiger partial charge is 0.250 e. The zero-order valence-electron chi connectivity index (χ0n) is 11.1. The van der Waals surface area contributed by atoms with Crippen LogP contribution in [0.2, 0.25) is 5.02 Å². The summed E-state index contributed by atoms with van der Waals surface area (Å²) in [5.41, 5.74) is 12.6. The van der Waals surface area contributed by atoms with Crippen LogP contribution in [0.4, 0.5) is 5.69 Å². The van der Waals surface area contributed by atoms with E-state index in [1.807, 2.05) is 13.1 Å². The van der Waals surface area contributed by atoms with Crippen molar-refractivity contribution in [3.8, 4) is 0 Å². The molecule has 0 heterocycles. The monoisotopic (exact) mass is 281 g/mol. The Labute approximate surface area is 118 Å². The first-order valence-corrected chi connectivity index (χ1v) is 6.94. The molecule has 1 saturated carbocycles. The molecular weight excluding hydrogens is 262 g/mol. The van der Waals surface area contributed by atoms with Crippen molar-refractivity contribution >= 4 is 23.2 Å². The predicted octanol–water partition coefficient (Wildman–Crippen LogP) is 2.00. The number of nitrogens with two attached hydrogens (primary N) is 2. The van der Waals surface area contributed by atoms with Gasteiger partial charge in [0.1, 0.15) is 0 Å². The third kappa shape index (κ3) is 2.85. The number of benzene rings is 1. The maximum atomic E-state index is 11.6. The van der Waals surface area contributed by atoms with Gasteiger partial charge < -0.3 is 16.4 Å². The Morgan fingerprint density at radius 3 is 2.84 bits per heavy atom. The van der Waals surface area contributed by atoms with Crippen LogP contribution in [0.5, 0.6) is 0 Å². The fourth-order valence-corrected chi connectivity index (χ4v) is 3.17. The van der Waals surface area contributed by atoms with Gasteiger partial charge in [-0.2, -0.15) is 0 Å². The number of hydrogen-bond acceptors (Lipinski definition) is 3. The Hall–Kier alpha value is -1.26. The van der Waals surface area contributed by atoms with Gasteiger partial charge in [-0.3, -0.25) is 4.79 Å². The van der Waals surface area contributed by atoms with Crippen LogP contribution in [0.1, 0.15) is 29.6 Å². The highest BCUT2D eigenvalue weighted by Gasteiger charge is 2.30. The van der Waals surface area contributed by atoms with Gasteiger partial charge in [-0.25, -0.2) is 0 Å². The molecule has 5 heteroatoms. The molecule has 0 bridgehead atoms. The maximum absolute atomic E-state index is 11.6. The minimum atomic E-state index is -0.452. The molecule has 1 aromatic carbocycles. The Balaban J connectivity index is 2.33. The van der Waals surface area contributed by atoms with Crippen molar-refractivity contribution in [1.82, 2.24) is 0 Å². The molecule has 4 N–H and O–H groups in total. The minimum Gasteiger partial charge on any atom is -0.371 e. The normalized spacial score (nSPS) is 22.5. The highest BCUT2D eigenvalue weighted by atomic mass is 35.5. The van der Waals surface area contributed by atoms with Gasteiger partial charge in [-0.15, -0.1) is 0 Å². The van der Waals surface area contributed by atoms with Gasteiger partial charge in [0.05, 0.1) is 5.56 Å². The second-order valence-corrected chi connectivity index (χ2v) is 5.57. The number of primary amides is 1. The number of anilines is 1. The van der Waals surface area contributed by atoms with Crippen LogP contribution in [0.25, 0.3) is 0 Å². The van der Waals surface area contributed by atoms with E-state index in [9.17, 15) is 4.79 Å². The lowest BCUT2D eigenvalue weighted by molar-refractivity contribution is 0.100. The molecule has 1 amide bonds. The second kappa shape index (κ2) is 5.80. The first kappa shape index (κ1) is 14.2. The minimum absolute atomic E-state index is 0.365. The average Bonchev–Trinajstić information content (AvgIpc) is 2.86. The molecule has 0 radical (unpaired) electrons. The molecule has 19 heavy (non-hydrogen) atoms. The molecule has 0 aromatic heterocycles. The number of halogens is 1. The number of carbonyl (C=O) groups is 1. The summed E-state index contributed by atoms with van der Waals surface area (Å²) in [7, 11) is 1.99. The SMILES string of the molecule is CN(c1ccc(Cl)cc1C(N)=O)C1CCCC1CN. The van der Waals surface area contributed by atoms with Gasteiger partial charge in [0.25, 0.3) is 5.91 Å². The van der Waals surface area contributed by atoms with Crippen molar-refractivity contribution in [3.63, 3.8) is 0 Å². The van der Waals surface area contributed by atoms with E-state index in [4.69, 9.17) is 23.1 Å². The largest absolute Gasteiger partial charge is 0.371 e. The van der Waals surface area contributed by atoms with Crippen molar-refractivity contribution in [3.05, 3.63) is 28.8 Å². The Kier molecular flexibility index (Phi) is 4.32. The van der Waals surface area contributed by atoms with E-state index in [-0.39, 0.29) is 0 Å². The molecule has 1 aromatic rings. The lowest BCUT2D eigenvalue weighted by Crippen LogP contribution is -2.38. The van der Waals surface area contributed by atoms with Gasteiger partial charge in [0, 0.05) is 23.8 Å². The maximum Gasteiger partial charge on any atom is 0.250 e. The molecule has 2 atom stereocenters. The highest BCUT2D eigenvalue weighted by Crippen LogP contribution is 2.33. The molecule has 1 aliphatic carbocycles. The lowest BCUT2D eigenvalue weighted by Gasteiger charge is -2.32. The summed E-state index contributed by atoms with van der Waals surface area (Å²) in [6.07, 6.45) is 3.42. The molecule has 1 fully saturated rings. The van der Waals surface area contributed by atoms with E-state index in [1.54, 1.807) is 12.1 Å². The molecular formula is C14H20ClN3O. The number of rotatable bonds is 4. The lowest BCUT2D eigenvalue weighted by atomic mass is 10.0. The molecule has 4 nitrogen and oxygen atoms in total. The van der Waals surface area contributed by atoms with Crippen LogP contribution in [-0.4, -0.2) is 25.5 Å². The topological polar surface area (TPSA) is 72.3 Å². The predicted molar refractivity (Wildman–Crippen MR) is 78.6 cm³/mol. The van der Waals surface area contributed by atoms with Crippen LogP contribution < -0.4 is 16.4 Å². The molecule has 2 rings (SSSR count). The number of hydrogen-bond donors (Lipinski definition) is 2. The first-order valence-electron chi connectivity index (χ1n) is 6.57. The molecule has 104 valence electrons. The van der Waals surface area contributed by atoms with Crippen LogP contribution in [0, 0.1) is 5.92 Å². The summed E-state index contributed by atoms with van der Waals surface area (Å²) in [6, 6.07) is 5.63. The summed E-state index contributed by atoms with van der Waals surface area (Å²) < 4.78 is 0. The summed E-state index contributed by atoms with van der Waals surface area (Å²) in [5, 5.41) is 0.521. The Morgan fingerprint density at radius 1 is 1.47 bits per heavy atom. The van der Waals surface area contributed by atoms with Crippen molar-refractivity contribution in [2.24, 2.45) is 17.4 Å². The van der Waals surface area contributed by atoms with Crippen LogP contribution in [-0.2, 0) is 0 Å². The van der Waals surface area contributed by atoms with Crippen molar-refractivity contribution < 1.29 is 4.79 Å². The number of carbonyl (C=O) groups excluding carboxylic acids is 1. The van der Waals surface area contributed by atoms with Crippen LogP contribution >= 0.6 is 11.6 Å². The van der Waals surface area contributed by atoms with Gasteiger partial charge in [-0.1, -0.05) is 18.0 Å². The fraction of sp³-hybridized carbons (Fsp3) is 0.500. The summed E-state index contributed by atoms with van der Waals surface area (Å²) in [5.74, 6) is 0.0213. The molecule has 0 aliphatic heterocycles. The van der Waals surface area contributed by atoms with Crippen molar-refractivity contribution in [2.75, 3.05) is 18.5 Å². The van der Waals surface area contributed by atoms with Gasteiger partial charge >= 0.3 is 0 Å². The first-order chi connectivity index (χ1) is 9.04. The third-order valence-electron chi connectivity index (χ3n) is 4.02. The highest BCUT2D eigenvalue weighted by molar-refractivity contribution is 6.31. The Bertz CT molecular complexity index is 478. The molecule has 0 spiro atoms. The van der Waals surface area contributed by atoms with Crippen LogP contribution in [0.15, 0.2) is 18.2 Å². The van der Waals surface area contributed by atoms with Gasteiger partial charge in [0.15, 0.2) is 0 Å². The average molecular weight is 282 g/mol. The van der Waals surface area contributed by atoms with Gasteiger partial charge in [-0.05, 0) is 43.5 Å². The van der Waals surface area contributed by atoms with Gasteiger partial charge in [0.2, 0.25) is 0 Å². The van der Waals surface area contributed by atoms with E-state index >= 15 is 0 Å². The molecule has 2 unspecified atom stereocenters. The van der Waals surface area contributed by atoms with Crippen molar-refractivity contribution in [2.45, 2.75) is 25.3 Å². The van der Waals surface area contributed by atoms with Crippen LogP contribution in [0.3, 0.4) is 0 Å². The summed E-state index contributed by atoms with van der Waals surface area (Å²) in [4.78, 5) is 13.7. The van der Waals surface area contributed by atoms with E-state index in [1.165, 1.54) is 6.42 Å². The molecule has 0 saturated heterocycles. The van der Waals surface area contributed by atoms with E-state index < -0.39 is 5.91 Å². The van der Waals surface area contributed by atoms with E-state index in [0.717, 1.165) is 18.5 Å². The fourth-order valence-electron chi connectivity index (χ4n) is 2.99. The standard InChI is InChI=1S/C14H20ClN3O/c1-18(12-4-2-3-9(12)8-16)13-6-5-10(15)7-11(13)14(17)19/h5-7,9,12H,2-4,8,16H2,1H3,(H2,17,19). The number of nitrogens with zero attached hydrogens (tertiary/aromatic N) is 1.